The second-order valence-electron chi connectivity index (χ2n) is 1.42. The van der Waals surface area contributed by atoms with Crippen LogP contribution in [-0.4, -0.2) is 11.5 Å². The molecular formula is C5H7NOS. The molecule has 44 valence electrons. The van der Waals surface area contributed by atoms with Gasteiger partial charge in [-0.1, -0.05) is 0 Å². The highest BCUT2D eigenvalue weighted by molar-refractivity contribution is 7.03. The predicted octanol–water partition coefficient (Wildman–Crippen LogP) is 1.29. The van der Waals surface area contributed by atoms with Gasteiger partial charge in [0.1, 0.15) is 0 Å². The zero-order valence-electron chi connectivity index (χ0n) is 4.63. The summed E-state index contributed by atoms with van der Waals surface area (Å²) in [6.45, 7) is 0.628. The SMILES string of the molecule is COCc1ccsn1. The second kappa shape index (κ2) is 2.79. The molecule has 0 atom stereocenters. The Balaban J connectivity index is 2.50. The van der Waals surface area contributed by atoms with Gasteiger partial charge in [0.2, 0.25) is 0 Å². The van der Waals surface area contributed by atoms with Crippen molar-refractivity contribution >= 4 is 11.5 Å². The lowest BCUT2D eigenvalue weighted by Crippen LogP contribution is -1.84. The summed E-state index contributed by atoms with van der Waals surface area (Å²) >= 11 is 1.45. The summed E-state index contributed by atoms with van der Waals surface area (Å²) in [5.41, 5.74) is 1.01. The van der Waals surface area contributed by atoms with Crippen LogP contribution >= 0.6 is 11.5 Å². The summed E-state index contributed by atoms with van der Waals surface area (Å²) in [6, 6.07) is 1.95. The Morgan fingerprint density at radius 3 is 3.25 bits per heavy atom. The minimum absolute atomic E-state index is 0.628. The molecule has 0 N–H and O–H groups in total. The zero-order valence-corrected chi connectivity index (χ0v) is 5.44. The largest absolute Gasteiger partial charge is 0.378 e. The van der Waals surface area contributed by atoms with Crippen molar-refractivity contribution in [1.29, 1.82) is 0 Å². The first-order valence-electron chi connectivity index (χ1n) is 2.31. The number of nitrogens with zero attached hydrogens (tertiary/aromatic N) is 1. The van der Waals surface area contributed by atoms with Crippen molar-refractivity contribution < 1.29 is 4.74 Å². The van der Waals surface area contributed by atoms with E-state index in [-0.39, 0.29) is 0 Å². The van der Waals surface area contributed by atoms with E-state index in [9.17, 15) is 0 Å². The lowest BCUT2D eigenvalue weighted by Gasteiger charge is -1.87. The highest BCUT2D eigenvalue weighted by Crippen LogP contribution is 1.99. The van der Waals surface area contributed by atoms with Gasteiger partial charge in [0, 0.05) is 12.5 Å². The Bertz CT molecular complexity index is 138. The van der Waals surface area contributed by atoms with Crippen LogP contribution in [0.2, 0.25) is 0 Å². The third-order valence-electron chi connectivity index (χ3n) is 0.783. The van der Waals surface area contributed by atoms with Crippen molar-refractivity contribution in [2.75, 3.05) is 7.11 Å². The van der Waals surface area contributed by atoms with E-state index in [4.69, 9.17) is 4.74 Å². The topological polar surface area (TPSA) is 22.1 Å². The molecule has 0 spiro atoms. The number of rotatable bonds is 2. The highest BCUT2D eigenvalue weighted by atomic mass is 32.1. The summed E-state index contributed by atoms with van der Waals surface area (Å²) in [5, 5.41) is 1.94. The molecule has 1 aromatic heterocycles. The van der Waals surface area contributed by atoms with Gasteiger partial charge in [0.25, 0.3) is 0 Å². The molecule has 0 radical (unpaired) electrons. The van der Waals surface area contributed by atoms with Crippen LogP contribution in [0, 0.1) is 0 Å². The van der Waals surface area contributed by atoms with Gasteiger partial charge in [-0.3, -0.25) is 0 Å². The standard InChI is InChI=1S/C5H7NOS/c1-7-4-5-2-3-8-6-5/h2-3H,4H2,1H3. The number of hydrogen-bond donors (Lipinski definition) is 0. The van der Waals surface area contributed by atoms with Crippen LogP contribution in [0.3, 0.4) is 0 Å². The molecular weight excluding hydrogens is 122 g/mol. The molecule has 0 aliphatic heterocycles. The normalized spacial score (nSPS) is 9.62. The average molecular weight is 129 g/mol. The van der Waals surface area contributed by atoms with Crippen LogP contribution in [0.25, 0.3) is 0 Å². The van der Waals surface area contributed by atoms with Crippen LogP contribution in [0.4, 0.5) is 0 Å². The van der Waals surface area contributed by atoms with E-state index in [0.29, 0.717) is 6.61 Å². The van der Waals surface area contributed by atoms with E-state index in [1.54, 1.807) is 7.11 Å². The fourth-order valence-corrected chi connectivity index (χ4v) is 0.988. The zero-order chi connectivity index (χ0) is 5.82. The van der Waals surface area contributed by atoms with E-state index < -0.39 is 0 Å². The fraction of sp³-hybridized carbons (Fsp3) is 0.400. The number of hydrogen-bond acceptors (Lipinski definition) is 3. The summed E-state index contributed by atoms with van der Waals surface area (Å²) in [7, 11) is 1.67. The van der Waals surface area contributed by atoms with Crippen LogP contribution in [0.15, 0.2) is 11.4 Å². The molecule has 0 unspecified atom stereocenters. The van der Waals surface area contributed by atoms with Gasteiger partial charge in [0.15, 0.2) is 0 Å². The molecule has 2 nitrogen and oxygen atoms in total. The minimum atomic E-state index is 0.628. The number of ether oxygens (including phenoxy) is 1. The first-order chi connectivity index (χ1) is 3.93. The number of aromatic nitrogens is 1. The molecule has 0 amide bonds. The van der Waals surface area contributed by atoms with Crippen LogP contribution < -0.4 is 0 Å². The first kappa shape index (κ1) is 5.72. The van der Waals surface area contributed by atoms with E-state index in [2.05, 4.69) is 4.37 Å². The molecule has 1 rings (SSSR count). The molecule has 0 aliphatic carbocycles. The summed E-state index contributed by atoms with van der Waals surface area (Å²) in [6.07, 6.45) is 0. The monoisotopic (exact) mass is 129 g/mol. The molecule has 0 aliphatic rings. The fourth-order valence-electron chi connectivity index (χ4n) is 0.460. The Morgan fingerprint density at radius 1 is 1.88 bits per heavy atom. The average Bonchev–Trinajstić information content (AvgIpc) is 2.19. The van der Waals surface area contributed by atoms with Gasteiger partial charge < -0.3 is 4.74 Å². The van der Waals surface area contributed by atoms with E-state index in [1.165, 1.54) is 11.5 Å². The lowest BCUT2D eigenvalue weighted by atomic mass is 10.5. The maximum absolute atomic E-state index is 4.83. The van der Waals surface area contributed by atoms with Gasteiger partial charge in [-0.2, -0.15) is 4.37 Å². The predicted molar refractivity (Wildman–Crippen MR) is 32.8 cm³/mol. The molecule has 1 aromatic rings. The highest BCUT2D eigenvalue weighted by Gasteiger charge is 1.88. The quantitative estimate of drug-likeness (QED) is 0.600. The molecule has 0 aromatic carbocycles. The second-order valence-corrected chi connectivity index (χ2v) is 2.09. The third kappa shape index (κ3) is 1.28. The summed E-state index contributed by atoms with van der Waals surface area (Å²) in [4.78, 5) is 0. The maximum atomic E-state index is 4.83. The first-order valence-corrected chi connectivity index (χ1v) is 3.15. The van der Waals surface area contributed by atoms with Crippen LogP contribution in [-0.2, 0) is 11.3 Å². The van der Waals surface area contributed by atoms with Gasteiger partial charge in [-0.15, -0.1) is 0 Å². The maximum Gasteiger partial charge on any atom is 0.0894 e. The molecule has 0 bridgehead atoms. The molecule has 0 fully saturated rings. The van der Waals surface area contributed by atoms with Gasteiger partial charge >= 0.3 is 0 Å². The smallest absolute Gasteiger partial charge is 0.0894 e. The molecule has 0 saturated heterocycles. The van der Waals surface area contributed by atoms with Crippen molar-refractivity contribution in [2.24, 2.45) is 0 Å². The third-order valence-corrected chi connectivity index (χ3v) is 1.38. The Hall–Kier alpha value is -0.410. The van der Waals surface area contributed by atoms with Crippen molar-refractivity contribution in [3.05, 3.63) is 17.1 Å². The van der Waals surface area contributed by atoms with Crippen molar-refractivity contribution in [3.63, 3.8) is 0 Å². The molecule has 8 heavy (non-hydrogen) atoms. The van der Waals surface area contributed by atoms with Crippen molar-refractivity contribution in [2.45, 2.75) is 6.61 Å². The Labute approximate surface area is 52.3 Å². The van der Waals surface area contributed by atoms with E-state index in [0.717, 1.165) is 5.69 Å². The van der Waals surface area contributed by atoms with Gasteiger partial charge in [-0.05, 0) is 17.6 Å². The summed E-state index contributed by atoms with van der Waals surface area (Å²) < 4.78 is 8.85. The number of methoxy groups -OCH3 is 1. The minimum Gasteiger partial charge on any atom is -0.378 e. The lowest BCUT2D eigenvalue weighted by molar-refractivity contribution is 0.182. The molecule has 1 heterocycles. The summed E-state index contributed by atoms with van der Waals surface area (Å²) in [5.74, 6) is 0. The van der Waals surface area contributed by atoms with Crippen LogP contribution in [0.5, 0.6) is 0 Å². The molecule has 0 saturated carbocycles. The van der Waals surface area contributed by atoms with E-state index in [1.807, 2.05) is 11.4 Å². The van der Waals surface area contributed by atoms with Crippen LogP contribution in [0.1, 0.15) is 5.69 Å². The van der Waals surface area contributed by atoms with E-state index >= 15 is 0 Å². The van der Waals surface area contributed by atoms with Crippen molar-refractivity contribution in [1.82, 2.24) is 4.37 Å². The molecule has 3 heteroatoms. The van der Waals surface area contributed by atoms with Crippen molar-refractivity contribution in [3.8, 4) is 0 Å². The van der Waals surface area contributed by atoms with Gasteiger partial charge in [-0.25, -0.2) is 0 Å². The Kier molecular flexibility index (Phi) is 2.00. The Morgan fingerprint density at radius 2 is 2.75 bits per heavy atom. The van der Waals surface area contributed by atoms with Gasteiger partial charge in [0.05, 0.1) is 12.3 Å².